The molecular weight excluding hydrogens is 891 g/mol. The summed E-state index contributed by atoms with van der Waals surface area (Å²) in [7, 11) is -2.11. The van der Waals surface area contributed by atoms with Crippen LogP contribution >= 0.6 is 13.2 Å². The van der Waals surface area contributed by atoms with Crippen molar-refractivity contribution < 1.29 is 9.13 Å². The normalized spacial score (nSPS) is 11.3. The first-order valence-electron chi connectivity index (χ1n) is 18.7. The monoisotopic (exact) mass is 924 g/mol. The highest BCUT2D eigenvalue weighted by molar-refractivity contribution is 8.57. The van der Waals surface area contributed by atoms with Crippen molar-refractivity contribution in [2.24, 2.45) is 0 Å². The maximum absolute atomic E-state index is 12.7. The van der Waals surface area contributed by atoms with Gasteiger partial charge in [0.25, 0.3) is 0 Å². The Morgan fingerprint density at radius 3 is 0.700 bits per heavy atom. The van der Waals surface area contributed by atoms with Crippen LogP contribution in [0.2, 0.25) is 0 Å². The van der Waals surface area contributed by atoms with Gasteiger partial charge in [-0.2, -0.15) is 0 Å². The summed E-state index contributed by atoms with van der Waals surface area (Å²) < 4.78 is 25.4. The van der Waals surface area contributed by atoms with Crippen LogP contribution in [0.25, 0.3) is 33.4 Å². The van der Waals surface area contributed by atoms with Gasteiger partial charge in [-0.1, -0.05) is 109 Å². The third-order valence-corrected chi connectivity index (χ3v) is 19.7. The second kappa shape index (κ2) is 19.1. The molecule has 0 aliphatic rings. The van der Waals surface area contributed by atoms with Gasteiger partial charge in [-0.15, -0.1) is 0 Å². The Morgan fingerprint density at radius 2 is 0.483 bits per heavy atom. The SMILES string of the molecule is O=P(c1ccc(N(c2ccc(-c3ccc(N(c4ccc(-c5ccccc5)cc4)c4ccc(-c5ccccc5)cc4)cc3)cc2)c2ccc(P(=O)=S(=S)=S)cc2)cc1)=S(=S)=S. The molecule has 60 heavy (non-hydrogen) atoms. The summed E-state index contributed by atoms with van der Waals surface area (Å²) in [6, 6.07) is 70.2. The number of hydrogen-bond acceptors (Lipinski definition) is 8. The van der Waals surface area contributed by atoms with Gasteiger partial charge >= 0.3 is 0 Å². The van der Waals surface area contributed by atoms with E-state index >= 15 is 0 Å². The molecule has 0 saturated carbocycles. The van der Waals surface area contributed by atoms with E-state index in [0.717, 1.165) is 56.4 Å². The zero-order chi connectivity index (χ0) is 41.6. The zero-order valence-electron chi connectivity index (χ0n) is 31.7. The van der Waals surface area contributed by atoms with E-state index in [1.165, 1.54) is 11.1 Å². The van der Waals surface area contributed by atoms with Crippen LogP contribution in [0.5, 0.6) is 0 Å². The lowest BCUT2D eigenvalue weighted by Gasteiger charge is -2.26. The molecule has 8 aromatic rings. The van der Waals surface area contributed by atoms with Crippen molar-refractivity contribution in [2.75, 3.05) is 9.80 Å². The summed E-state index contributed by atoms with van der Waals surface area (Å²) in [6.07, 6.45) is 0. The number of anilines is 6. The molecule has 2 atom stereocenters. The molecular formula is C48H34N2O2P2S6. The van der Waals surface area contributed by atoms with E-state index in [9.17, 15) is 9.13 Å². The topological polar surface area (TPSA) is 40.6 Å². The van der Waals surface area contributed by atoms with E-state index < -0.39 is 27.5 Å². The molecule has 294 valence electrons. The second-order valence-corrected chi connectivity index (χ2v) is 28.9. The Kier molecular flexibility index (Phi) is 13.2. The van der Waals surface area contributed by atoms with Crippen molar-refractivity contribution in [3.05, 3.63) is 206 Å². The molecule has 0 N–H and O–H groups in total. The molecule has 0 spiro atoms. The number of rotatable bonds is 11. The van der Waals surface area contributed by atoms with Crippen molar-refractivity contribution >= 4 is 117 Å². The Balaban J connectivity index is 1.12. The van der Waals surface area contributed by atoms with Crippen LogP contribution in [0.15, 0.2) is 206 Å². The molecule has 2 unspecified atom stereocenters. The van der Waals surface area contributed by atoms with Crippen LogP contribution in [0, 0.1) is 0 Å². The van der Waals surface area contributed by atoms with Gasteiger partial charge in [0, 0.05) is 44.7 Å². The van der Waals surface area contributed by atoms with Crippen molar-refractivity contribution in [2.45, 2.75) is 0 Å². The van der Waals surface area contributed by atoms with Crippen molar-refractivity contribution in [1.82, 2.24) is 0 Å². The van der Waals surface area contributed by atoms with Crippen LogP contribution in [-0.2, 0) is 68.3 Å². The Morgan fingerprint density at radius 1 is 0.283 bits per heavy atom. The van der Waals surface area contributed by atoms with Gasteiger partial charge in [-0.3, -0.25) is 9.13 Å². The van der Waals surface area contributed by atoms with Gasteiger partial charge in [0.15, 0.2) is 13.2 Å². The highest BCUT2D eigenvalue weighted by Crippen LogP contribution is 2.39. The van der Waals surface area contributed by atoms with E-state index in [1.807, 2.05) is 60.7 Å². The molecule has 0 aliphatic heterocycles. The summed E-state index contributed by atoms with van der Waals surface area (Å²) in [5.74, 6) is 0. The first-order chi connectivity index (χ1) is 29.2. The predicted molar refractivity (Wildman–Crippen MR) is 271 cm³/mol. The minimum atomic E-state index is -1.84. The summed E-state index contributed by atoms with van der Waals surface area (Å²) in [6.45, 7) is -3.69. The zero-order valence-corrected chi connectivity index (χ0v) is 38.4. The van der Waals surface area contributed by atoms with Crippen molar-refractivity contribution in [3.63, 3.8) is 0 Å². The minimum absolute atomic E-state index is 0.628. The van der Waals surface area contributed by atoms with Gasteiger partial charge in [-0.05, 0) is 190 Å². The summed E-state index contributed by atoms with van der Waals surface area (Å²) in [5, 5.41) is 1.26. The molecule has 8 aromatic carbocycles. The highest BCUT2D eigenvalue weighted by atomic mass is 33.2. The van der Waals surface area contributed by atoms with Crippen molar-refractivity contribution in [3.8, 4) is 33.4 Å². The molecule has 8 rings (SSSR count). The molecule has 12 heteroatoms. The van der Waals surface area contributed by atoms with E-state index in [4.69, 9.17) is 44.8 Å². The van der Waals surface area contributed by atoms with E-state index in [0.29, 0.717) is 10.6 Å². The van der Waals surface area contributed by atoms with Crippen LogP contribution in [0.1, 0.15) is 0 Å². The first-order valence-corrected chi connectivity index (χ1v) is 28.6. The average Bonchev–Trinajstić information content (AvgIpc) is 3.30. The molecule has 0 aromatic heterocycles. The smallest absolute Gasteiger partial charge is 0.198 e. The van der Waals surface area contributed by atoms with Crippen LogP contribution in [-0.4, -0.2) is 0 Å². The third kappa shape index (κ3) is 9.43. The largest absolute Gasteiger partial charge is 0.311 e. The van der Waals surface area contributed by atoms with E-state index in [1.54, 1.807) is 0 Å². The molecule has 4 nitrogen and oxygen atoms in total. The molecule has 0 fully saturated rings. The predicted octanol–water partition coefficient (Wildman–Crippen LogP) is 13.4. The van der Waals surface area contributed by atoms with Gasteiger partial charge < -0.3 is 9.80 Å². The van der Waals surface area contributed by atoms with E-state index in [-0.39, 0.29) is 0 Å². The Labute approximate surface area is 372 Å². The lowest BCUT2D eigenvalue weighted by molar-refractivity contribution is 0.601. The quantitative estimate of drug-likeness (QED) is 0.119. The first kappa shape index (κ1) is 41.6. The van der Waals surface area contributed by atoms with Crippen LogP contribution < -0.4 is 20.4 Å². The van der Waals surface area contributed by atoms with Gasteiger partial charge in [0.1, 0.15) is 0 Å². The van der Waals surface area contributed by atoms with Crippen LogP contribution in [0.4, 0.5) is 34.1 Å². The molecule has 0 aliphatic carbocycles. The molecule has 0 bridgehead atoms. The highest BCUT2D eigenvalue weighted by Gasteiger charge is 2.16. The number of hydrogen-bond donors (Lipinski definition) is 0. The fourth-order valence-electron chi connectivity index (χ4n) is 6.99. The van der Waals surface area contributed by atoms with Crippen molar-refractivity contribution in [1.29, 1.82) is 0 Å². The minimum Gasteiger partial charge on any atom is -0.311 e. The fraction of sp³-hybridized carbons (Fsp3) is 0. The molecule has 0 amide bonds. The van der Waals surface area contributed by atoms with Gasteiger partial charge in [0.05, 0.1) is 0 Å². The average molecular weight is 925 g/mol. The number of benzene rings is 8. The van der Waals surface area contributed by atoms with Crippen LogP contribution in [0.3, 0.4) is 0 Å². The standard InChI is InChI=1S/C48H34N2O2P2S6/c51-53(59(55)56)47-31-27-45(28-32-47)50(46-29-33-48(34-30-46)54(52)60(57)58)44-25-17-40(18-26-44)39-15-23-43(24-16-39)49(41-19-11-37(12-20-41)35-7-3-1-4-8-35)42-21-13-38(14-22-42)36-9-5-2-6-10-36/h1-34H. The Bertz CT molecular complexity index is 3000. The lowest BCUT2D eigenvalue weighted by Crippen LogP contribution is -2.11. The molecule has 0 saturated heterocycles. The maximum Gasteiger partial charge on any atom is 0.198 e. The maximum atomic E-state index is 12.7. The Hall–Kier alpha value is -5.12. The summed E-state index contributed by atoms with van der Waals surface area (Å²) >= 11 is 20.5. The molecule has 0 heterocycles. The summed E-state index contributed by atoms with van der Waals surface area (Å²) in [5.41, 5.74) is 12.6. The van der Waals surface area contributed by atoms with Gasteiger partial charge in [0.2, 0.25) is 0 Å². The number of nitrogens with zero attached hydrogens (tertiary/aromatic N) is 2. The van der Waals surface area contributed by atoms with Gasteiger partial charge in [-0.25, -0.2) is 0 Å². The third-order valence-electron chi connectivity index (χ3n) is 9.96. The summed E-state index contributed by atoms with van der Waals surface area (Å²) in [4.78, 5) is 4.37. The fourth-order valence-corrected chi connectivity index (χ4v) is 13.0. The second-order valence-electron chi connectivity index (χ2n) is 13.6. The lowest BCUT2D eigenvalue weighted by atomic mass is 10.0. The molecule has 0 radical (unpaired) electrons. The van der Waals surface area contributed by atoms with E-state index in [2.05, 4.69) is 155 Å².